The van der Waals surface area contributed by atoms with Crippen molar-refractivity contribution in [2.45, 2.75) is 18.4 Å². The minimum atomic E-state index is -0.875. The number of aryl methyl sites for hydroxylation is 1. The first-order valence-electron chi connectivity index (χ1n) is 6.26. The van der Waals surface area contributed by atoms with Gasteiger partial charge in [0, 0.05) is 46.7 Å². The maximum Gasteiger partial charge on any atom is 0.259 e. The molecule has 106 valence electrons. The molecule has 1 aliphatic rings. The molecule has 7 heteroatoms. The van der Waals surface area contributed by atoms with E-state index >= 15 is 0 Å². The lowest BCUT2D eigenvalue weighted by atomic mass is 9.94. The number of hydrogen-bond acceptors (Lipinski definition) is 5. The van der Waals surface area contributed by atoms with Gasteiger partial charge >= 0.3 is 0 Å². The molecule has 1 aromatic rings. The molecule has 0 bridgehead atoms. The Labute approximate surface area is 111 Å². The quantitative estimate of drug-likeness (QED) is 0.779. The molecule has 1 aliphatic heterocycles. The Bertz CT molecular complexity index is 466. The molecule has 1 amide bonds. The van der Waals surface area contributed by atoms with Crippen LogP contribution in [0.1, 0.15) is 23.2 Å². The minimum Gasteiger partial charge on any atom is -0.388 e. The second kappa shape index (κ2) is 5.18. The fourth-order valence-electron chi connectivity index (χ4n) is 2.24. The Morgan fingerprint density at radius 2 is 2.26 bits per heavy atom. The van der Waals surface area contributed by atoms with Crippen LogP contribution in [0.5, 0.6) is 0 Å². The molecule has 0 unspecified atom stereocenters. The molecule has 0 spiro atoms. The monoisotopic (exact) mass is 268 g/mol. The van der Waals surface area contributed by atoms with Crippen molar-refractivity contribution in [2.75, 3.05) is 32.5 Å². The molecule has 3 N–H and O–H groups in total. The Hall–Kier alpha value is -1.60. The van der Waals surface area contributed by atoms with Gasteiger partial charge in [0.15, 0.2) is 0 Å². The van der Waals surface area contributed by atoms with Gasteiger partial charge in [0.2, 0.25) is 0 Å². The predicted molar refractivity (Wildman–Crippen MR) is 69.6 cm³/mol. The number of ether oxygens (including phenoxy) is 1. The second-order valence-electron chi connectivity index (χ2n) is 5.07. The summed E-state index contributed by atoms with van der Waals surface area (Å²) in [5.41, 5.74) is 5.26. The highest BCUT2D eigenvalue weighted by Gasteiger charge is 2.33. The van der Waals surface area contributed by atoms with Gasteiger partial charge in [-0.05, 0) is 0 Å². The van der Waals surface area contributed by atoms with E-state index in [0.717, 1.165) is 0 Å². The van der Waals surface area contributed by atoms with E-state index in [4.69, 9.17) is 10.5 Å². The molecule has 2 rings (SSSR count). The Morgan fingerprint density at radius 1 is 1.63 bits per heavy atom. The highest BCUT2D eigenvalue weighted by atomic mass is 16.5. The van der Waals surface area contributed by atoms with Crippen LogP contribution in [0, 0.1) is 0 Å². The van der Waals surface area contributed by atoms with Crippen LogP contribution in [-0.4, -0.2) is 58.1 Å². The maximum absolute atomic E-state index is 12.2. The minimum absolute atomic E-state index is 0.231. The number of carbonyl (C=O) groups excluding carboxylic acids is 1. The highest BCUT2D eigenvalue weighted by molar-refractivity contribution is 5.98. The Balaban J connectivity index is 2.05. The molecular weight excluding hydrogens is 248 g/mol. The van der Waals surface area contributed by atoms with Gasteiger partial charge in [-0.1, -0.05) is 0 Å². The van der Waals surface area contributed by atoms with Gasteiger partial charge < -0.3 is 20.5 Å². The number of nitrogens with two attached hydrogens (primary N) is 1. The zero-order valence-corrected chi connectivity index (χ0v) is 11.3. The summed E-state index contributed by atoms with van der Waals surface area (Å²) in [4.78, 5) is 13.7. The fourth-order valence-corrected chi connectivity index (χ4v) is 2.24. The number of nitrogen functional groups attached to an aromatic ring is 1. The first-order valence-corrected chi connectivity index (χ1v) is 6.26. The first-order chi connectivity index (χ1) is 8.93. The second-order valence-corrected chi connectivity index (χ2v) is 5.07. The lowest BCUT2D eigenvalue weighted by molar-refractivity contribution is -0.0734. The summed E-state index contributed by atoms with van der Waals surface area (Å²) in [5.74, 6) is 0.0985. The molecule has 0 atom stereocenters. The summed E-state index contributed by atoms with van der Waals surface area (Å²) in [6.07, 6.45) is 2.52. The summed E-state index contributed by atoms with van der Waals surface area (Å²) >= 11 is 0. The van der Waals surface area contributed by atoms with Gasteiger partial charge in [-0.15, -0.1) is 0 Å². The van der Waals surface area contributed by atoms with E-state index in [1.807, 2.05) is 0 Å². The summed E-state index contributed by atoms with van der Waals surface area (Å²) in [7, 11) is 3.33. The third kappa shape index (κ3) is 2.87. The molecular formula is C12H20N4O3. The van der Waals surface area contributed by atoms with Crippen LogP contribution in [0.2, 0.25) is 0 Å². The van der Waals surface area contributed by atoms with E-state index in [1.165, 1.54) is 15.8 Å². The average Bonchev–Trinajstić information content (AvgIpc) is 2.69. The number of carbonyl (C=O) groups is 1. The summed E-state index contributed by atoms with van der Waals surface area (Å²) in [5, 5.41) is 14.3. The number of nitrogens with zero attached hydrogens (tertiary/aromatic N) is 3. The number of aliphatic hydroxyl groups is 1. The number of hydrogen-bond donors (Lipinski definition) is 2. The Morgan fingerprint density at radius 3 is 2.79 bits per heavy atom. The number of amides is 1. The predicted octanol–water partition coefficient (Wildman–Crippen LogP) is -0.384. The van der Waals surface area contributed by atoms with Gasteiger partial charge in [-0.3, -0.25) is 9.48 Å². The normalized spacial score (nSPS) is 18.3. The van der Waals surface area contributed by atoms with Crippen LogP contribution < -0.4 is 5.73 Å². The zero-order chi connectivity index (χ0) is 14.0. The van der Waals surface area contributed by atoms with Crippen molar-refractivity contribution in [3.63, 3.8) is 0 Å². The third-order valence-electron chi connectivity index (χ3n) is 3.52. The molecule has 0 aliphatic carbocycles. The molecule has 1 aromatic heterocycles. The average molecular weight is 268 g/mol. The van der Waals surface area contributed by atoms with Crippen LogP contribution in [0.3, 0.4) is 0 Å². The van der Waals surface area contributed by atoms with E-state index in [2.05, 4.69) is 5.10 Å². The number of anilines is 1. The van der Waals surface area contributed by atoms with Crippen LogP contribution in [0.25, 0.3) is 0 Å². The van der Waals surface area contributed by atoms with Crippen molar-refractivity contribution in [3.8, 4) is 0 Å². The Kier molecular flexibility index (Phi) is 3.77. The third-order valence-corrected chi connectivity index (χ3v) is 3.52. The van der Waals surface area contributed by atoms with E-state index in [0.29, 0.717) is 37.4 Å². The largest absolute Gasteiger partial charge is 0.388 e. The van der Waals surface area contributed by atoms with Gasteiger partial charge in [-0.2, -0.15) is 5.10 Å². The molecule has 2 heterocycles. The molecule has 0 saturated carbocycles. The van der Waals surface area contributed by atoms with E-state index in [9.17, 15) is 9.90 Å². The van der Waals surface area contributed by atoms with Gasteiger partial charge in [0.1, 0.15) is 11.4 Å². The molecule has 0 radical (unpaired) electrons. The topological polar surface area (TPSA) is 93.6 Å². The molecule has 1 saturated heterocycles. The number of likely N-dealkylation sites (N-methyl/N-ethyl adjacent to an activating group) is 1. The van der Waals surface area contributed by atoms with E-state index in [1.54, 1.807) is 14.1 Å². The summed E-state index contributed by atoms with van der Waals surface area (Å²) in [6.45, 7) is 1.31. The SMILES string of the molecule is CN(CC1(O)CCOCC1)C(=O)c1cnn(C)c1N. The number of aromatic nitrogens is 2. The zero-order valence-electron chi connectivity index (χ0n) is 11.3. The van der Waals surface area contributed by atoms with Crippen molar-refractivity contribution in [3.05, 3.63) is 11.8 Å². The lowest BCUT2D eigenvalue weighted by Crippen LogP contribution is -2.47. The van der Waals surface area contributed by atoms with Gasteiger partial charge in [0.25, 0.3) is 5.91 Å². The highest BCUT2D eigenvalue weighted by Crippen LogP contribution is 2.22. The van der Waals surface area contributed by atoms with E-state index in [-0.39, 0.29) is 12.5 Å². The lowest BCUT2D eigenvalue weighted by Gasteiger charge is -2.35. The van der Waals surface area contributed by atoms with Crippen molar-refractivity contribution in [2.24, 2.45) is 7.05 Å². The summed E-state index contributed by atoms with van der Waals surface area (Å²) in [6, 6.07) is 0. The number of rotatable bonds is 3. The molecule has 19 heavy (non-hydrogen) atoms. The van der Waals surface area contributed by atoms with Crippen LogP contribution >= 0.6 is 0 Å². The maximum atomic E-state index is 12.2. The molecule has 0 aromatic carbocycles. The van der Waals surface area contributed by atoms with Crippen LogP contribution in [-0.2, 0) is 11.8 Å². The van der Waals surface area contributed by atoms with Gasteiger partial charge in [-0.25, -0.2) is 0 Å². The van der Waals surface area contributed by atoms with Crippen molar-refractivity contribution >= 4 is 11.7 Å². The smallest absolute Gasteiger partial charge is 0.259 e. The first kappa shape index (κ1) is 13.8. The van der Waals surface area contributed by atoms with E-state index < -0.39 is 5.60 Å². The summed E-state index contributed by atoms with van der Waals surface area (Å²) < 4.78 is 6.67. The van der Waals surface area contributed by atoms with Gasteiger partial charge in [0.05, 0.1) is 11.8 Å². The van der Waals surface area contributed by atoms with Crippen molar-refractivity contribution < 1.29 is 14.6 Å². The van der Waals surface area contributed by atoms with Crippen molar-refractivity contribution in [1.82, 2.24) is 14.7 Å². The van der Waals surface area contributed by atoms with Crippen molar-refractivity contribution in [1.29, 1.82) is 0 Å². The van der Waals surface area contributed by atoms with Crippen LogP contribution in [0.4, 0.5) is 5.82 Å². The standard InChI is InChI=1S/C12H20N4O3/c1-15(8-12(18)3-5-19-6-4-12)11(17)9-7-14-16(2)10(9)13/h7,18H,3-6,8,13H2,1-2H3. The van der Waals surface area contributed by atoms with Crippen LogP contribution in [0.15, 0.2) is 6.20 Å². The molecule has 7 nitrogen and oxygen atoms in total. The molecule has 1 fully saturated rings. The fraction of sp³-hybridized carbons (Fsp3) is 0.667.